The van der Waals surface area contributed by atoms with Crippen molar-refractivity contribution in [3.8, 4) is 22.5 Å². The lowest BCUT2D eigenvalue weighted by Crippen LogP contribution is -2.13. The monoisotopic (exact) mass is 458 g/mol. The highest BCUT2D eigenvalue weighted by Crippen LogP contribution is 2.28. The van der Waals surface area contributed by atoms with Gasteiger partial charge in [-0.1, -0.05) is 83.9 Å². The molecule has 0 aliphatic carbocycles. The average molecular weight is 459 g/mol. The van der Waals surface area contributed by atoms with Crippen molar-refractivity contribution in [1.29, 1.82) is 0 Å². The van der Waals surface area contributed by atoms with Gasteiger partial charge in [0, 0.05) is 22.2 Å². The van der Waals surface area contributed by atoms with Crippen molar-refractivity contribution >= 4 is 40.4 Å². The maximum Gasteiger partial charge on any atom is 0.276 e. The van der Waals surface area contributed by atoms with E-state index in [1.807, 2.05) is 66.7 Å². The second-order valence-electron chi connectivity index (χ2n) is 7.14. The molecule has 1 amide bonds. The first-order valence-electron chi connectivity index (χ1n) is 9.86. The summed E-state index contributed by atoms with van der Waals surface area (Å²) in [5, 5.41) is 8.18. The molecule has 0 fully saturated rings. The second kappa shape index (κ2) is 8.46. The molecule has 5 rings (SSSR count). The smallest absolute Gasteiger partial charge is 0.276 e. The van der Waals surface area contributed by atoms with Gasteiger partial charge >= 0.3 is 0 Å². The Balaban J connectivity index is 1.62. The number of hydrogen-bond acceptors (Lipinski definition) is 3. The SMILES string of the molecule is O=C(Nc1cc(Cl)ccc1Cl)c1cc2nc(-c3ccccc3)cc(-c3ccccc3)n2n1. The Bertz CT molecular complexity index is 1430. The summed E-state index contributed by atoms with van der Waals surface area (Å²) in [7, 11) is 0. The fraction of sp³-hybridized carbons (Fsp3) is 0. The minimum Gasteiger partial charge on any atom is -0.319 e. The van der Waals surface area contributed by atoms with Gasteiger partial charge in [-0.2, -0.15) is 5.10 Å². The molecule has 0 saturated heterocycles. The summed E-state index contributed by atoms with van der Waals surface area (Å²) in [6.07, 6.45) is 0. The van der Waals surface area contributed by atoms with E-state index >= 15 is 0 Å². The molecular weight excluding hydrogens is 443 g/mol. The van der Waals surface area contributed by atoms with Crippen molar-refractivity contribution in [1.82, 2.24) is 14.6 Å². The summed E-state index contributed by atoms with van der Waals surface area (Å²) in [5.41, 5.74) is 4.76. The third-order valence-corrected chi connectivity index (χ3v) is 5.54. The minimum absolute atomic E-state index is 0.218. The molecule has 0 aliphatic heterocycles. The topological polar surface area (TPSA) is 59.3 Å². The zero-order valence-corrected chi connectivity index (χ0v) is 18.2. The van der Waals surface area contributed by atoms with Crippen molar-refractivity contribution in [2.75, 3.05) is 5.32 Å². The quantitative estimate of drug-likeness (QED) is 0.329. The molecule has 5 nitrogen and oxygen atoms in total. The molecule has 2 heterocycles. The van der Waals surface area contributed by atoms with Gasteiger partial charge in [0.2, 0.25) is 0 Å². The predicted octanol–water partition coefficient (Wildman–Crippen LogP) is 6.62. The van der Waals surface area contributed by atoms with Gasteiger partial charge in [-0.15, -0.1) is 0 Å². The van der Waals surface area contributed by atoms with Gasteiger partial charge < -0.3 is 5.32 Å². The lowest BCUT2D eigenvalue weighted by molar-refractivity contribution is 0.102. The highest BCUT2D eigenvalue weighted by Gasteiger charge is 2.17. The Labute approximate surface area is 194 Å². The number of amides is 1. The number of halogens is 2. The van der Waals surface area contributed by atoms with Crippen LogP contribution in [0.5, 0.6) is 0 Å². The van der Waals surface area contributed by atoms with Gasteiger partial charge in [0.15, 0.2) is 11.3 Å². The minimum atomic E-state index is -0.403. The van der Waals surface area contributed by atoms with E-state index in [9.17, 15) is 4.79 Å². The highest BCUT2D eigenvalue weighted by atomic mass is 35.5. The first-order chi connectivity index (χ1) is 15.6. The Morgan fingerprint density at radius 1 is 0.812 bits per heavy atom. The van der Waals surface area contributed by atoms with Gasteiger partial charge in [0.25, 0.3) is 5.91 Å². The molecular formula is C25H16Cl2N4O. The Hall–Kier alpha value is -3.67. The van der Waals surface area contributed by atoms with E-state index in [1.54, 1.807) is 28.8 Å². The fourth-order valence-electron chi connectivity index (χ4n) is 3.44. The molecule has 32 heavy (non-hydrogen) atoms. The van der Waals surface area contributed by atoms with E-state index in [0.717, 1.165) is 22.5 Å². The molecule has 1 N–H and O–H groups in total. The van der Waals surface area contributed by atoms with Crippen LogP contribution in [0.1, 0.15) is 10.5 Å². The molecule has 0 atom stereocenters. The summed E-state index contributed by atoms with van der Waals surface area (Å²) < 4.78 is 1.68. The Morgan fingerprint density at radius 2 is 1.50 bits per heavy atom. The lowest BCUT2D eigenvalue weighted by atomic mass is 10.1. The van der Waals surface area contributed by atoms with Crippen LogP contribution in [0.3, 0.4) is 0 Å². The van der Waals surface area contributed by atoms with E-state index in [2.05, 4.69) is 10.4 Å². The van der Waals surface area contributed by atoms with Gasteiger partial charge in [-0.05, 0) is 24.3 Å². The van der Waals surface area contributed by atoms with Crippen LogP contribution in [0, 0.1) is 0 Å². The van der Waals surface area contributed by atoms with E-state index in [-0.39, 0.29) is 5.69 Å². The number of benzene rings is 3. The number of nitrogens with one attached hydrogen (secondary N) is 1. The Kier molecular flexibility index (Phi) is 5.35. The number of hydrogen-bond donors (Lipinski definition) is 1. The summed E-state index contributed by atoms with van der Waals surface area (Å²) in [6, 6.07) is 28.3. The highest BCUT2D eigenvalue weighted by molar-refractivity contribution is 6.35. The predicted molar refractivity (Wildman–Crippen MR) is 128 cm³/mol. The fourth-order valence-corrected chi connectivity index (χ4v) is 3.77. The number of nitrogens with zero attached hydrogens (tertiary/aromatic N) is 3. The van der Waals surface area contributed by atoms with Crippen molar-refractivity contribution < 1.29 is 4.79 Å². The van der Waals surface area contributed by atoms with Crippen LogP contribution in [0.2, 0.25) is 10.0 Å². The largest absolute Gasteiger partial charge is 0.319 e. The maximum atomic E-state index is 12.9. The first-order valence-corrected chi connectivity index (χ1v) is 10.6. The zero-order valence-electron chi connectivity index (χ0n) is 16.7. The van der Waals surface area contributed by atoms with Crippen LogP contribution < -0.4 is 5.32 Å². The normalized spacial score (nSPS) is 10.9. The molecule has 0 aliphatic rings. The van der Waals surface area contributed by atoms with Crippen molar-refractivity contribution in [2.45, 2.75) is 0 Å². The molecule has 7 heteroatoms. The number of rotatable bonds is 4. The van der Waals surface area contributed by atoms with Crippen LogP contribution >= 0.6 is 23.2 Å². The lowest BCUT2D eigenvalue weighted by Gasteiger charge is -2.08. The number of carbonyl (C=O) groups is 1. The molecule has 0 unspecified atom stereocenters. The molecule has 3 aromatic carbocycles. The van der Waals surface area contributed by atoms with E-state index in [4.69, 9.17) is 28.2 Å². The molecule has 2 aromatic heterocycles. The van der Waals surface area contributed by atoms with Gasteiger partial charge in [-0.25, -0.2) is 9.50 Å². The number of anilines is 1. The maximum absolute atomic E-state index is 12.9. The van der Waals surface area contributed by atoms with E-state index in [1.165, 1.54) is 0 Å². The molecule has 0 bridgehead atoms. The number of carbonyl (C=O) groups excluding carboxylic acids is 1. The van der Waals surface area contributed by atoms with Crippen LogP contribution in [0.15, 0.2) is 91.0 Å². The molecule has 156 valence electrons. The Morgan fingerprint density at radius 3 is 2.22 bits per heavy atom. The van der Waals surface area contributed by atoms with Crippen molar-refractivity contribution in [2.24, 2.45) is 0 Å². The molecule has 5 aromatic rings. The summed E-state index contributed by atoms with van der Waals surface area (Å²) in [6.45, 7) is 0. The molecule has 0 radical (unpaired) electrons. The van der Waals surface area contributed by atoms with Crippen LogP contribution in [0.4, 0.5) is 5.69 Å². The van der Waals surface area contributed by atoms with E-state index < -0.39 is 5.91 Å². The summed E-state index contributed by atoms with van der Waals surface area (Å²) >= 11 is 12.2. The summed E-state index contributed by atoms with van der Waals surface area (Å²) in [5.74, 6) is -0.403. The van der Waals surface area contributed by atoms with Crippen molar-refractivity contribution in [3.05, 3.63) is 107 Å². The van der Waals surface area contributed by atoms with Crippen LogP contribution in [-0.4, -0.2) is 20.5 Å². The summed E-state index contributed by atoms with van der Waals surface area (Å²) in [4.78, 5) is 17.7. The number of fused-ring (bicyclic) bond motifs is 1. The van der Waals surface area contributed by atoms with Gasteiger partial charge in [-0.3, -0.25) is 4.79 Å². The van der Waals surface area contributed by atoms with Crippen LogP contribution in [-0.2, 0) is 0 Å². The molecule has 0 saturated carbocycles. The zero-order chi connectivity index (χ0) is 22.1. The molecule has 0 spiro atoms. The average Bonchev–Trinajstić information content (AvgIpc) is 3.26. The van der Waals surface area contributed by atoms with E-state index in [0.29, 0.717) is 21.4 Å². The van der Waals surface area contributed by atoms with Gasteiger partial charge in [0.05, 0.1) is 22.1 Å². The second-order valence-corrected chi connectivity index (χ2v) is 7.98. The first kappa shape index (κ1) is 20.2. The van der Waals surface area contributed by atoms with Crippen molar-refractivity contribution in [3.63, 3.8) is 0 Å². The van der Waals surface area contributed by atoms with Crippen LogP contribution in [0.25, 0.3) is 28.2 Å². The standard InChI is InChI=1S/C25H16Cl2N4O/c26-18-11-12-19(27)21(13-18)29-25(32)22-15-24-28-20(16-7-3-1-4-8-16)14-23(31(24)30-22)17-9-5-2-6-10-17/h1-15H,(H,29,32). The third-order valence-electron chi connectivity index (χ3n) is 4.98. The van der Waals surface area contributed by atoms with Gasteiger partial charge in [0.1, 0.15) is 0 Å². The third kappa shape index (κ3) is 3.96. The number of aromatic nitrogens is 3.